The Morgan fingerprint density at radius 3 is 2.63 bits per heavy atom. The van der Waals surface area contributed by atoms with Gasteiger partial charge in [0.15, 0.2) is 10.4 Å². The number of fused-ring (bicyclic) bond motifs is 1. The molecule has 0 saturated heterocycles. The molecule has 0 amide bonds. The van der Waals surface area contributed by atoms with E-state index in [0.29, 0.717) is 10.3 Å². The second kappa shape index (κ2) is 4.07. The molecule has 0 spiro atoms. The van der Waals surface area contributed by atoms with Crippen molar-refractivity contribution < 1.29 is 0 Å². The average molecular weight is 269 g/mol. The highest BCUT2D eigenvalue weighted by molar-refractivity contribution is 7.71. The number of hydrogen-bond donors (Lipinski definition) is 1. The molecular formula is C13H11N5S. The molecule has 0 aliphatic carbocycles. The van der Waals surface area contributed by atoms with Gasteiger partial charge in [0.05, 0.1) is 17.3 Å². The predicted molar refractivity (Wildman–Crippen MR) is 74.7 cm³/mol. The summed E-state index contributed by atoms with van der Waals surface area (Å²) in [5.41, 5.74) is 4.32. The van der Waals surface area contributed by atoms with Gasteiger partial charge in [0.2, 0.25) is 0 Å². The van der Waals surface area contributed by atoms with Crippen LogP contribution in [0, 0.1) is 23.0 Å². The topological polar surface area (TPSA) is 62.3 Å². The van der Waals surface area contributed by atoms with Gasteiger partial charge in [-0.05, 0) is 43.4 Å². The lowest BCUT2D eigenvalue weighted by atomic mass is 10.2. The van der Waals surface area contributed by atoms with Gasteiger partial charge in [0.1, 0.15) is 5.52 Å². The molecule has 0 aliphatic rings. The fourth-order valence-electron chi connectivity index (χ4n) is 2.23. The Hall–Kier alpha value is -2.39. The highest BCUT2D eigenvalue weighted by atomic mass is 32.1. The Labute approximate surface area is 114 Å². The summed E-state index contributed by atoms with van der Waals surface area (Å²) in [6.45, 7) is 1.94. The minimum Gasteiger partial charge on any atom is -0.327 e. The molecule has 2 heterocycles. The number of nitrogens with one attached hydrogen (secondary N) is 1. The standard InChI is InChI=1S/C13H11N5S/c1-8-11-12(17(2)16-8)18(13(19)15-11)10-5-3-9(7-14)4-6-10/h3-6H,1-2H3,(H,15,19). The van der Waals surface area contributed by atoms with Gasteiger partial charge in [-0.2, -0.15) is 10.4 Å². The number of benzene rings is 1. The van der Waals surface area contributed by atoms with E-state index in [1.807, 2.05) is 30.7 Å². The summed E-state index contributed by atoms with van der Waals surface area (Å²) in [7, 11) is 1.89. The number of rotatable bonds is 1. The first kappa shape index (κ1) is 11.7. The third-order valence-electron chi connectivity index (χ3n) is 3.09. The molecule has 0 atom stereocenters. The van der Waals surface area contributed by atoms with Crippen LogP contribution in [-0.2, 0) is 7.05 Å². The third-order valence-corrected chi connectivity index (χ3v) is 3.38. The molecule has 3 aromatic rings. The van der Waals surface area contributed by atoms with E-state index >= 15 is 0 Å². The van der Waals surface area contributed by atoms with Gasteiger partial charge in [-0.1, -0.05) is 0 Å². The Morgan fingerprint density at radius 1 is 1.32 bits per heavy atom. The molecule has 2 aromatic heterocycles. The SMILES string of the molecule is Cc1nn(C)c2c1[nH]c(=S)n2-c1ccc(C#N)cc1. The molecule has 94 valence electrons. The number of hydrogen-bond acceptors (Lipinski definition) is 3. The third kappa shape index (κ3) is 1.67. The van der Waals surface area contributed by atoms with E-state index in [1.165, 1.54) is 0 Å². The van der Waals surface area contributed by atoms with E-state index in [4.69, 9.17) is 17.5 Å². The molecule has 19 heavy (non-hydrogen) atoms. The molecule has 0 radical (unpaired) electrons. The van der Waals surface area contributed by atoms with Crippen LogP contribution in [0.15, 0.2) is 24.3 Å². The first-order valence-electron chi connectivity index (χ1n) is 5.76. The minimum atomic E-state index is 0.621. The fraction of sp³-hybridized carbons (Fsp3) is 0.154. The van der Waals surface area contributed by atoms with Crippen molar-refractivity contribution in [3.05, 3.63) is 40.3 Å². The number of nitriles is 1. The van der Waals surface area contributed by atoms with Gasteiger partial charge in [-0.3, -0.25) is 4.57 Å². The second-order valence-corrected chi connectivity index (χ2v) is 4.72. The molecule has 0 fully saturated rings. The number of aromatic amines is 1. The number of nitrogens with zero attached hydrogens (tertiary/aromatic N) is 4. The van der Waals surface area contributed by atoms with Gasteiger partial charge in [-0.15, -0.1) is 0 Å². The Kier molecular flexibility index (Phi) is 2.50. The maximum atomic E-state index is 8.84. The summed E-state index contributed by atoms with van der Waals surface area (Å²) in [6, 6.07) is 9.42. The van der Waals surface area contributed by atoms with E-state index in [2.05, 4.69) is 16.2 Å². The smallest absolute Gasteiger partial charge is 0.184 e. The molecule has 5 nitrogen and oxygen atoms in total. The van der Waals surface area contributed by atoms with E-state index in [-0.39, 0.29) is 0 Å². The van der Waals surface area contributed by atoms with E-state index in [1.54, 1.807) is 16.8 Å². The molecule has 3 rings (SSSR count). The summed E-state index contributed by atoms with van der Waals surface area (Å²) in [5, 5.41) is 13.2. The van der Waals surface area contributed by atoms with Crippen LogP contribution in [0.5, 0.6) is 0 Å². The second-order valence-electron chi connectivity index (χ2n) is 4.33. The molecule has 6 heteroatoms. The van der Waals surface area contributed by atoms with E-state index < -0.39 is 0 Å². The number of imidazole rings is 1. The number of aryl methyl sites for hydroxylation is 2. The maximum absolute atomic E-state index is 8.84. The number of aromatic nitrogens is 4. The molecule has 1 N–H and O–H groups in total. The van der Waals surface area contributed by atoms with Crippen LogP contribution in [0.3, 0.4) is 0 Å². The van der Waals surface area contributed by atoms with Gasteiger partial charge >= 0.3 is 0 Å². The summed E-state index contributed by atoms with van der Waals surface area (Å²) < 4.78 is 4.34. The van der Waals surface area contributed by atoms with Crippen molar-refractivity contribution in [1.29, 1.82) is 5.26 Å². The highest BCUT2D eigenvalue weighted by Gasteiger charge is 2.13. The lowest BCUT2D eigenvalue weighted by Gasteiger charge is -2.04. The normalized spacial score (nSPS) is 10.8. The van der Waals surface area contributed by atoms with Crippen LogP contribution in [0.1, 0.15) is 11.3 Å². The van der Waals surface area contributed by atoms with Crippen LogP contribution in [-0.4, -0.2) is 19.3 Å². The predicted octanol–water partition coefficient (Wildman–Crippen LogP) is 2.60. The zero-order valence-corrected chi connectivity index (χ0v) is 11.3. The fourth-order valence-corrected chi connectivity index (χ4v) is 2.53. The highest BCUT2D eigenvalue weighted by Crippen LogP contribution is 2.21. The van der Waals surface area contributed by atoms with Crippen molar-refractivity contribution in [1.82, 2.24) is 19.3 Å². The Morgan fingerprint density at radius 2 is 2.00 bits per heavy atom. The summed E-state index contributed by atoms with van der Waals surface area (Å²) >= 11 is 5.37. The summed E-state index contributed by atoms with van der Waals surface area (Å²) in [6.07, 6.45) is 0. The molecule has 0 unspecified atom stereocenters. The van der Waals surface area contributed by atoms with Crippen molar-refractivity contribution in [2.75, 3.05) is 0 Å². The molecule has 1 aromatic carbocycles. The maximum Gasteiger partial charge on any atom is 0.184 e. The van der Waals surface area contributed by atoms with Crippen molar-refractivity contribution in [2.45, 2.75) is 6.92 Å². The Bertz CT molecular complexity index is 857. The zero-order valence-electron chi connectivity index (χ0n) is 10.5. The van der Waals surface area contributed by atoms with Crippen LogP contribution < -0.4 is 0 Å². The van der Waals surface area contributed by atoms with Crippen LogP contribution in [0.2, 0.25) is 0 Å². The van der Waals surface area contributed by atoms with Crippen LogP contribution in [0.4, 0.5) is 0 Å². The summed E-state index contributed by atoms with van der Waals surface area (Å²) in [5.74, 6) is 0. The van der Waals surface area contributed by atoms with Crippen molar-refractivity contribution in [3.8, 4) is 11.8 Å². The van der Waals surface area contributed by atoms with Gasteiger partial charge in [0, 0.05) is 12.7 Å². The van der Waals surface area contributed by atoms with Gasteiger partial charge in [-0.25, -0.2) is 4.68 Å². The number of H-pyrrole nitrogens is 1. The van der Waals surface area contributed by atoms with Crippen LogP contribution in [0.25, 0.3) is 16.9 Å². The van der Waals surface area contributed by atoms with Gasteiger partial charge in [0.25, 0.3) is 0 Å². The molecule has 0 saturated carbocycles. The lowest BCUT2D eigenvalue weighted by molar-refractivity contribution is 0.759. The quantitative estimate of drug-likeness (QED) is 0.691. The molecule has 0 aliphatic heterocycles. The summed E-state index contributed by atoms with van der Waals surface area (Å²) in [4.78, 5) is 3.17. The van der Waals surface area contributed by atoms with E-state index in [0.717, 1.165) is 22.5 Å². The minimum absolute atomic E-state index is 0.621. The largest absolute Gasteiger partial charge is 0.327 e. The Balaban J connectivity index is 2.32. The van der Waals surface area contributed by atoms with Crippen molar-refractivity contribution in [2.24, 2.45) is 7.05 Å². The lowest BCUT2D eigenvalue weighted by Crippen LogP contribution is -2.00. The van der Waals surface area contributed by atoms with Gasteiger partial charge < -0.3 is 4.98 Å². The molecule has 0 bridgehead atoms. The van der Waals surface area contributed by atoms with Crippen molar-refractivity contribution in [3.63, 3.8) is 0 Å². The molecular weight excluding hydrogens is 258 g/mol. The monoisotopic (exact) mass is 269 g/mol. The zero-order chi connectivity index (χ0) is 13.6. The van der Waals surface area contributed by atoms with Crippen molar-refractivity contribution >= 4 is 23.4 Å². The van der Waals surface area contributed by atoms with E-state index in [9.17, 15) is 0 Å². The first-order chi connectivity index (χ1) is 9.11. The van der Waals surface area contributed by atoms with Crippen LogP contribution >= 0.6 is 12.2 Å². The first-order valence-corrected chi connectivity index (χ1v) is 6.17. The average Bonchev–Trinajstić information content (AvgIpc) is 2.88.